The van der Waals surface area contributed by atoms with E-state index in [9.17, 15) is 4.79 Å². The molecule has 4 heteroatoms. The van der Waals surface area contributed by atoms with Crippen molar-refractivity contribution in [3.63, 3.8) is 0 Å². The first-order chi connectivity index (χ1) is 9.52. The van der Waals surface area contributed by atoms with E-state index in [4.69, 9.17) is 0 Å². The lowest BCUT2D eigenvalue weighted by atomic mass is 10.1. The highest BCUT2D eigenvalue weighted by atomic mass is 16.1. The lowest BCUT2D eigenvalue weighted by Gasteiger charge is -2.23. The van der Waals surface area contributed by atoms with E-state index in [1.54, 1.807) is 0 Å². The fraction of sp³-hybridized carbons (Fsp3) is 0.562. The Morgan fingerprint density at radius 3 is 2.50 bits per heavy atom. The van der Waals surface area contributed by atoms with E-state index in [2.05, 4.69) is 34.7 Å². The smallest absolute Gasteiger partial charge is 0.224 e. The van der Waals surface area contributed by atoms with Gasteiger partial charge in [-0.1, -0.05) is 37.3 Å². The maximum Gasteiger partial charge on any atom is 0.224 e. The first-order valence-corrected chi connectivity index (χ1v) is 7.20. The van der Waals surface area contributed by atoms with Crippen molar-refractivity contribution in [2.24, 2.45) is 5.92 Å². The highest BCUT2D eigenvalue weighted by molar-refractivity contribution is 5.78. The first kappa shape index (κ1) is 16.7. The Morgan fingerprint density at radius 1 is 1.25 bits per heavy atom. The molecule has 2 unspecified atom stereocenters. The van der Waals surface area contributed by atoms with E-state index in [1.165, 1.54) is 5.56 Å². The Labute approximate surface area is 122 Å². The van der Waals surface area contributed by atoms with Crippen LogP contribution in [0.3, 0.4) is 0 Å². The molecule has 0 spiro atoms. The molecule has 1 amide bonds. The standard InChI is InChI=1S/C16H27N3O/c1-13(10-17-3)16(20)18-14(2)11-19(4)12-15-8-6-5-7-9-15/h5-9,13-14,17H,10-12H2,1-4H3,(H,18,20). The van der Waals surface area contributed by atoms with Crippen LogP contribution in [0.25, 0.3) is 0 Å². The molecule has 4 nitrogen and oxygen atoms in total. The molecule has 0 radical (unpaired) electrons. The lowest BCUT2D eigenvalue weighted by Crippen LogP contribution is -2.44. The van der Waals surface area contributed by atoms with Gasteiger partial charge in [0, 0.05) is 31.6 Å². The summed E-state index contributed by atoms with van der Waals surface area (Å²) < 4.78 is 0. The molecule has 0 aromatic heterocycles. The predicted molar refractivity (Wildman–Crippen MR) is 83.5 cm³/mol. The number of hydrogen-bond donors (Lipinski definition) is 2. The fourth-order valence-electron chi connectivity index (χ4n) is 2.26. The van der Waals surface area contributed by atoms with Gasteiger partial charge in [-0.15, -0.1) is 0 Å². The van der Waals surface area contributed by atoms with Gasteiger partial charge >= 0.3 is 0 Å². The molecule has 2 atom stereocenters. The number of benzene rings is 1. The number of nitrogens with zero attached hydrogens (tertiary/aromatic N) is 1. The van der Waals surface area contributed by atoms with Gasteiger partial charge in [0.15, 0.2) is 0 Å². The number of hydrogen-bond acceptors (Lipinski definition) is 3. The highest BCUT2D eigenvalue weighted by Gasteiger charge is 2.15. The molecule has 0 aliphatic heterocycles. The van der Waals surface area contributed by atoms with E-state index in [0.717, 1.165) is 13.1 Å². The van der Waals surface area contributed by atoms with Crippen LogP contribution in [0.4, 0.5) is 0 Å². The number of carbonyl (C=O) groups excluding carboxylic acids is 1. The molecule has 1 rings (SSSR count). The molecular formula is C16H27N3O. The third-order valence-corrected chi connectivity index (χ3v) is 3.23. The van der Waals surface area contributed by atoms with E-state index < -0.39 is 0 Å². The molecule has 0 bridgehead atoms. The van der Waals surface area contributed by atoms with Gasteiger partial charge in [0.1, 0.15) is 0 Å². The van der Waals surface area contributed by atoms with Crippen LogP contribution in [-0.2, 0) is 11.3 Å². The lowest BCUT2D eigenvalue weighted by molar-refractivity contribution is -0.125. The van der Waals surface area contributed by atoms with Crippen LogP contribution in [0.5, 0.6) is 0 Å². The summed E-state index contributed by atoms with van der Waals surface area (Å²) in [6.45, 7) is 6.43. The summed E-state index contributed by atoms with van der Waals surface area (Å²) in [5.74, 6) is 0.113. The fourth-order valence-corrected chi connectivity index (χ4v) is 2.26. The summed E-state index contributed by atoms with van der Waals surface area (Å²) in [4.78, 5) is 14.1. The Kier molecular flexibility index (Phi) is 7.26. The summed E-state index contributed by atoms with van der Waals surface area (Å²) in [5.41, 5.74) is 1.29. The van der Waals surface area contributed by atoms with Crippen LogP contribution in [-0.4, -0.2) is 44.0 Å². The minimum Gasteiger partial charge on any atom is -0.352 e. The number of likely N-dealkylation sites (N-methyl/N-ethyl adjacent to an activating group) is 1. The minimum atomic E-state index is 0.00174. The van der Waals surface area contributed by atoms with Gasteiger partial charge in [0.05, 0.1) is 0 Å². The second kappa shape index (κ2) is 8.72. The zero-order chi connectivity index (χ0) is 15.0. The Hall–Kier alpha value is -1.39. The maximum atomic E-state index is 11.9. The van der Waals surface area contributed by atoms with Crippen LogP contribution in [0.15, 0.2) is 30.3 Å². The normalized spacial score (nSPS) is 14.1. The number of amides is 1. The number of rotatable bonds is 8. The molecule has 1 aromatic rings. The third kappa shape index (κ3) is 6.17. The minimum absolute atomic E-state index is 0.00174. The van der Waals surface area contributed by atoms with Crippen molar-refractivity contribution < 1.29 is 4.79 Å². The number of nitrogens with one attached hydrogen (secondary N) is 2. The van der Waals surface area contributed by atoms with Crippen molar-refractivity contribution >= 4 is 5.91 Å². The molecule has 0 saturated heterocycles. The second-order valence-electron chi connectivity index (χ2n) is 5.55. The van der Waals surface area contributed by atoms with Crippen LogP contribution >= 0.6 is 0 Å². The Morgan fingerprint density at radius 2 is 1.90 bits per heavy atom. The van der Waals surface area contributed by atoms with Crippen molar-refractivity contribution in [2.45, 2.75) is 26.4 Å². The second-order valence-corrected chi connectivity index (χ2v) is 5.55. The van der Waals surface area contributed by atoms with Crippen LogP contribution in [0.1, 0.15) is 19.4 Å². The topological polar surface area (TPSA) is 44.4 Å². The molecule has 20 heavy (non-hydrogen) atoms. The van der Waals surface area contributed by atoms with Crippen molar-refractivity contribution in [3.8, 4) is 0 Å². The van der Waals surface area contributed by atoms with Gasteiger partial charge in [0.2, 0.25) is 5.91 Å². The summed E-state index contributed by atoms with van der Waals surface area (Å²) in [6, 6.07) is 10.5. The van der Waals surface area contributed by atoms with E-state index in [-0.39, 0.29) is 17.9 Å². The quantitative estimate of drug-likeness (QED) is 0.756. The predicted octanol–water partition coefficient (Wildman–Crippen LogP) is 1.48. The summed E-state index contributed by atoms with van der Waals surface area (Å²) in [5, 5.41) is 6.08. The number of carbonyl (C=O) groups is 1. The molecular weight excluding hydrogens is 250 g/mol. The maximum absolute atomic E-state index is 11.9. The van der Waals surface area contributed by atoms with E-state index in [1.807, 2.05) is 39.1 Å². The summed E-state index contributed by atoms with van der Waals surface area (Å²) in [6.07, 6.45) is 0. The SMILES string of the molecule is CNCC(C)C(=O)NC(C)CN(C)Cc1ccccc1. The monoisotopic (exact) mass is 277 g/mol. The highest BCUT2D eigenvalue weighted by Crippen LogP contribution is 2.03. The van der Waals surface area contributed by atoms with Gasteiger partial charge < -0.3 is 15.5 Å². The van der Waals surface area contributed by atoms with Crippen LogP contribution in [0.2, 0.25) is 0 Å². The molecule has 0 aliphatic rings. The average Bonchev–Trinajstić information content (AvgIpc) is 2.39. The molecule has 2 N–H and O–H groups in total. The first-order valence-electron chi connectivity index (χ1n) is 7.20. The average molecular weight is 277 g/mol. The van der Waals surface area contributed by atoms with Crippen LogP contribution in [0, 0.1) is 5.92 Å². The van der Waals surface area contributed by atoms with Gasteiger partial charge in [-0.25, -0.2) is 0 Å². The van der Waals surface area contributed by atoms with E-state index >= 15 is 0 Å². The van der Waals surface area contributed by atoms with Crippen molar-refractivity contribution in [1.29, 1.82) is 0 Å². The molecule has 0 heterocycles. The van der Waals surface area contributed by atoms with E-state index in [0.29, 0.717) is 6.54 Å². The molecule has 112 valence electrons. The summed E-state index contributed by atoms with van der Waals surface area (Å²) in [7, 11) is 3.94. The zero-order valence-electron chi connectivity index (χ0n) is 13.0. The van der Waals surface area contributed by atoms with Gasteiger partial charge in [0.25, 0.3) is 0 Å². The van der Waals surface area contributed by atoms with Gasteiger partial charge in [-0.2, -0.15) is 0 Å². The Bertz CT molecular complexity index is 394. The van der Waals surface area contributed by atoms with Crippen molar-refractivity contribution in [2.75, 3.05) is 27.2 Å². The van der Waals surface area contributed by atoms with Gasteiger partial charge in [-0.05, 0) is 26.6 Å². The Balaban J connectivity index is 2.34. The molecule has 0 fully saturated rings. The van der Waals surface area contributed by atoms with Gasteiger partial charge in [-0.3, -0.25) is 4.79 Å². The van der Waals surface area contributed by atoms with Crippen molar-refractivity contribution in [3.05, 3.63) is 35.9 Å². The van der Waals surface area contributed by atoms with Crippen molar-refractivity contribution in [1.82, 2.24) is 15.5 Å². The summed E-state index contributed by atoms with van der Waals surface area (Å²) >= 11 is 0. The van der Waals surface area contributed by atoms with Crippen LogP contribution < -0.4 is 10.6 Å². The molecule has 0 saturated carbocycles. The molecule has 1 aromatic carbocycles. The zero-order valence-corrected chi connectivity index (χ0v) is 13.0. The molecule has 0 aliphatic carbocycles. The third-order valence-electron chi connectivity index (χ3n) is 3.23. The largest absolute Gasteiger partial charge is 0.352 e.